The van der Waals surface area contributed by atoms with Crippen molar-refractivity contribution < 1.29 is 0 Å². The van der Waals surface area contributed by atoms with E-state index in [1.165, 1.54) is 74.6 Å². The molecule has 0 aliphatic heterocycles. The Kier molecular flexibility index (Phi) is 3.81. The summed E-state index contributed by atoms with van der Waals surface area (Å²) in [6.45, 7) is 0. The predicted octanol–water partition coefficient (Wildman–Crippen LogP) is 9.67. The average Bonchev–Trinajstić information content (AvgIpc) is 3.43. The quantitative estimate of drug-likeness (QED) is 0.214. The van der Waals surface area contributed by atoms with Crippen LogP contribution in [0.5, 0.6) is 0 Å². The summed E-state index contributed by atoms with van der Waals surface area (Å²) in [5.74, 6) is 0. The molecular formula is C33H21NS. The molecule has 0 unspecified atom stereocenters. The molecule has 1 nitrogen and oxygen atoms in total. The first-order valence-corrected chi connectivity index (χ1v) is 12.8. The molecule has 2 heteroatoms. The first-order valence-electron chi connectivity index (χ1n) is 12.0. The largest absolute Gasteiger partial charge is 0.343 e. The summed E-state index contributed by atoms with van der Waals surface area (Å²) in [6.07, 6.45) is 0. The first-order chi connectivity index (χ1) is 17.3. The standard InChI is InChI=1S/C33H21NS/c1-34-29-18-20(21-14-16-25-24-10-6-7-13-30(24)35-31(25)19-21)15-17-28(29)32-26-11-4-2-8-22(26)23-9-3-5-12-27(23)33(32)34/h2-19H,1H3. The van der Waals surface area contributed by atoms with Crippen molar-refractivity contribution in [2.45, 2.75) is 0 Å². The lowest BCUT2D eigenvalue weighted by Gasteiger charge is -2.08. The van der Waals surface area contributed by atoms with E-state index in [-0.39, 0.29) is 0 Å². The van der Waals surface area contributed by atoms with Crippen molar-refractivity contribution in [3.8, 4) is 11.1 Å². The molecule has 2 aromatic heterocycles. The molecule has 8 aromatic rings. The van der Waals surface area contributed by atoms with Gasteiger partial charge in [0.1, 0.15) is 0 Å². The number of fused-ring (bicyclic) bond motifs is 11. The lowest BCUT2D eigenvalue weighted by Crippen LogP contribution is -1.89. The van der Waals surface area contributed by atoms with Crippen molar-refractivity contribution in [1.82, 2.24) is 4.57 Å². The Bertz CT molecular complexity index is 2120. The van der Waals surface area contributed by atoms with Gasteiger partial charge in [-0.15, -0.1) is 11.3 Å². The maximum Gasteiger partial charge on any atom is 0.0574 e. The van der Waals surface area contributed by atoms with Gasteiger partial charge in [0, 0.05) is 48.9 Å². The third-order valence-electron chi connectivity index (χ3n) is 7.58. The summed E-state index contributed by atoms with van der Waals surface area (Å²) in [6, 6.07) is 40.2. The monoisotopic (exact) mass is 463 g/mol. The molecule has 0 aliphatic rings. The average molecular weight is 464 g/mol. The Morgan fingerprint density at radius 1 is 0.486 bits per heavy atom. The van der Waals surface area contributed by atoms with Gasteiger partial charge in [-0.3, -0.25) is 0 Å². The minimum atomic E-state index is 1.26. The fraction of sp³-hybridized carbons (Fsp3) is 0.0303. The van der Waals surface area contributed by atoms with Gasteiger partial charge < -0.3 is 4.57 Å². The van der Waals surface area contributed by atoms with Gasteiger partial charge in [0.15, 0.2) is 0 Å². The van der Waals surface area contributed by atoms with Crippen LogP contribution in [-0.2, 0) is 7.05 Å². The fourth-order valence-electron chi connectivity index (χ4n) is 5.97. The van der Waals surface area contributed by atoms with Gasteiger partial charge in [0.2, 0.25) is 0 Å². The number of aryl methyl sites for hydroxylation is 1. The van der Waals surface area contributed by atoms with E-state index in [0.717, 1.165) is 0 Å². The van der Waals surface area contributed by atoms with Gasteiger partial charge in [-0.1, -0.05) is 91.0 Å². The molecule has 0 fully saturated rings. The summed E-state index contributed by atoms with van der Waals surface area (Å²) in [4.78, 5) is 0. The summed E-state index contributed by atoms with van der Waals surface area (Å²) in [5.41, 5.74) is 5.11. The van der Waals surface area contributed by atoms with E-state index in [2.05, 4.69) is 121 Å². The summed E-state index contributed by atoms with van der Waals surface area (Å²) in [5, 5.41) is 10.6. The number of benzene rings is 6. The number of thiophene rings is 1. The van der Waals surface area contributed by atoms with Crippen LogP contribution in [0.15, 0.2) is 109 Å². The molecule has 0 aliphatic carbocycles. The van der Waals surface area contributed by atoms with Crippen molar-refractivity contribution in [1.29, 1.82) is 0 Å². The van der Waals surface area contributed by atoms with Crippen LogP contribution in [0.4, 0.5) is 0 Å². The maximum absolute atomic E-state index is 2.39. The molecule has 8 rings (SSSR count). The highest BCUT2D eigenvalue weighted by Gasteiger charge is 2.16. The van der Waals surface area contributed by atoms with Gasteiger partial charge in [0.25, 0.3) is 0 Å². The van der Waals surface area contributed by atoms with Crippen molar-refractivity contribution >= 4 is 74.9 Å². The zero-order valence-corrected chi connectivity index (χ0v) is 20.1. The molecule has 35 heavy (non-hydrogen) atoms. The molecule has 0 atom stereocenters. The Morgan fingerprint density at radius 2 is 1.06 bits per heavy atom. The number of aromatic nitrogens is 1. The van der Waals surface area contributed by atoms with Gasteiger partial charge in [-0.05, 0) is 45.5 Å². The summed E-state index contributed by atoms with van der Waals surface area (Å²) >= 11 is 1.88. The van der Waals surface area contributed by atoms with E-state index >= 15 is 0 Å². The molecular weight excluding hydrogens is 442 g/mol. The molecule has 0 bridgehead atoms. The number of nitrogens with zero attached hydrogens (tertiary/aromatic N) is 1. The second-order valence-electron chi connectivity index (χ2n) is 9.41. The van der Waals surface area contributed by atoms with Crippen LogP contribution in [0.3, 0.4) is 0 Å². The van der Waals surface area contributed by atoms with Crippen LogP contribution in [0.25, 0.3) is 74.6 Å². The third-order valence-corrected chi connectivity index (χ3v) is 8.72. The summed E-state index contributed by atoms with van der Waals surface area (Å²) < 4.78 is 5.08. The van der Waals surface area contributed by atoms with Crippen LogP contribution in [0.2, 0.25) is 0 Å². The fourth-order valence-corrected chi connectivity index (χ4v) is 7.12. The molecule has 0 saturated heterocycles. The number of rotatable bonds is 1. The Morgan fingerprint density at radius 3 is 1.86 bits per heavy atom. The van der Waals surface area contributed by atoms with Crippen LogP contribution in [0.1, 0.15) is 0 Å². The normalized spacial score (nSPS) is 12.1. The van der Waals surface area contributed by atoms with Crippen LogP contribution >= 0.6 is 11.3 Å². The van der Waals surface area contributed by atoms with Gasteiger partial charge in [-0.2, -0.15) is 0 Å². The summed E-state index contributed by atoms with van der Waals surface area (Å²) in [7, 11) is 2.21. The van der Waals surface area contributed by atoms with Crippen LogP contribution in [-0.4, -0.2) is 4.57 Å². The second kappa shape index (κ2) is 6.94. The van der Waals surface area contributed by atoms with Gasteiger partial charge >= 0.3 is 0 Å². The van der Waals surface area contributed by atoms with Crippen molar-refractivity contribution in [3.63, 3.8) is 0 Å². The molecule has 0 N–H and O–H groups in total. The van der Waals surface area contributed by atoms with Crippen molar-refractivity contribution in [3.05, 3.63) is 109 Å². The molecule has 0 spiro atoms. The third kappa shape index (κ3) is 2.58. The van der Waals surface area contributed by atoms with E-state index < -0.39 is 0 Å². The van der Waals surface area contributed by atoms with E-state index in [0.29, 0.717) is 0 Å². The predicted molar refractivity (Wildman–Crippen MR) is 154 cm³/mol. The molecule has 164 valence electrons. The molecule has 2 heterocycles. The molecule has 0 radical (unpaired) electrons. The molecule has 0 saturated carbocycles. The van der Waals surface area contributed by atoms with Gasteiger partial charge in [-0.25, -0.2) is 0 Å². The minimum absolute atomic E-state index is 1.26. The smallest absolute Gasteiger partial charge is 0.0574 e. The van der Waals surface area contributed by atoms with Crippen molar-refractivity contribution in [2.75, 3.05) is 0 Å². The Labute approximate surface area is 206 Å². The maximum atomic E-state index is 2.39. The second-order valence-corrected chi connectivity index (χ2v) is 10.5. The molecule has 0 amide bonds. The SMILES string of the molecule is Cn1c2cc(-c3ccc4c(c3)sc3ccccc34)ccc2c2c3ccccc3c3ccccc3c21. The van der Waals surface area contributed by atoms with Crippen LogP contribution < -0.4 is 0 Å². The topological polar surface area (TPSA) is 4.93 Å². The van der Waals surface area contributed by atoms with Crippen LogP contribution in [0, 0.1) is 0 Å². The Balaban J connectivity index is 1.44. The minimum Gasteiger partial charge on any atom is -0.343 e. The molecule has 6 aromatic carbocycles. The van der Waals surface area contributed by atoms with E-state index in [4.69, 9.17) is 0 Å². The first kappa shape index (κ1) is 19.2. The van der Waals surface area contributed by atoms with Gasteiger partial charge in [0.05, 0.1) is 5.52 Å². The van der Waals surface area contributed by atoms with E-state index in [9.17, 15) is 0 Å². The van der Waals surface area contributed by atoms with E-state index in [1.54, 1.807) is 0 Å². The van der Waals surface area contributed by atoms with Crippen molar-refractivity contribution in [2.24, 2.45) is 7.05 Å². The highest BCUT2D eigenvalue weighted by Crippen LogP contribution is 2.42. The zero-order valence-electron chi connectivity index (χ0n) is 19.2. The lowest BCUT2D eigenvalue weighted by molar-refractivity contribution is 1.02. The highest BCUT2D eigenvalue weighted by atomic mass is 32.1. The number of hydrogen-bond acceptors (Lipinski definition) is 1. The number of hydrogen-bond donors (Lipinski definition) is 0. The Hall–Kier alpha value is -4.14. The van der Waals surface area contributed by atoms with E-state index in [1.807, 2.05) is 11.3 Å². The zero-order chi connectivity index (χ0) is 23.1. The highest BCUT2D eigenvalue weighted by molar-refractivity contribution is 7.25. The lowest BCUT2D eigenvalue weighted by atomic mass is 9.96.